The molecule has 0 spiro atoms. The highest BCUT2D eigenvalue weighted by Crippen LogP contribution is 2.28. The normalized spacial score (nSPS) is 15.1. The molecule has 1 N–H and O–H groups in total. The second-order valence-corrected chi connectivity index (χ2v) is 10.7. The van der Waals surface area contributed by atoms with Crippen molar-refractivity contribution in [1.82, 2.24) is 20.2 Å². The van der Waals surface area contributed by atoms with Crippen molar-refractivity contribution >= 4 is 23.2 Å². The second kappa shape index (κ2) is 13.8. The molecule has 0 unspecified atom stereocenters. The number of nitrogens with one attached hydrogen (secondary N) is 1. The molecule has 1 aliphatic heterocycles. The summed E-state index contributed by atoms with van der Waals surface area (Å²) in [5.41, 5.74) is 4.55. The Morgan fingerprint density at radius 3 is 2.59 bits per heavy atom. The van der Waals surface area contributed by atoms with E-state index in [2.05, 4.69) is 62.3 Å². The average molecular weight is 550 g/mol. The van der Waals surface area contributed by atoms with Crippen LogP contribution in [0.15, 0.2) is 54.9 Å². The predicted octanol–water partition coefficient (Wildman–Crippen LogP) is 5.83. The number of halogens is 1. The van der Waals surface area contributed by atoms with Crippen molar-refractivity contribution in [1.29, 1.82) is 0 Å². The molecule has 7 nitrogen and oxygen atoms in total. The Balaban J connectivity index is 1.32. The van der Waals surface area contributed by atoms with Crippen LogP contribution < -0.4 is 15.0 Å². The van der Waals surface area contributed by atoms with Gasteiger partial charge in [0, 0.05) is 56.3 Å². The average Bonchev–Trinajstić information content (AvgIpc) is 2.92. The zero-order valence-corrected chi connectivity index (χ0v) is 24.2. The van der Waals surface area contributed by atoms with Crippen LogP contribution in [0.2, 0.25) is 5.15 Å². The maximum Gasteiger partial charge on any atom is 0.253 e. The van der Waals surface area contributed by atoms with Gasteiger partial charge >= 0.3 is 0 Å². The molecule has 0 radical (unpaired) electrons. The zero-order valence-electron chi connectivity index (χ0n) is 23.5. The molecule has 1 fully saturated rings. The number of aryl methyl sites for hydroxylation is 2. The van der Waals surface area contributed by atoms with Gasteiger partial charge in [-0.25, -0.2) is 4.98 Å². The third-order valence-corrected chi connectivity index (χ3v) is 7.75. The van der Waals surface area contributed by atoms with Crippen LogP contribution in [0.1, 0.15) is 60.3 Å². The number of anilines is 1. The molecule has 208 valence electrons. The molecule has 2 aromatic heterocycles. The number of aromatic nitrogens is 2. The second-order valence-electron chi connectivity index (χ2n) is 10.3. The number of amides is 1. The van der Waals surface area contributed by atoms with Gasteiger partial charge in [-0.1, -0.05) is 17.7 Å². The van der Waals surface area contributed by atoms with E-state index in [1.54, 1.807) is 6.07 Å². The molecule has 0 saturated carbocycles. The highest BCUT2D eigenvalue weighted by molar-refractivity contribution is 6.29. The number of ether oxygens (including phenoxy) is 1. The number of carbonyl (C=O) groups is 1. The Labute approximate surface area is 237 Å². The summed E-state index contributed by atoms with van der Waals surface area (Å²) in [5, 5.41) is 3.50. The summed E-state index contributed by atoms with van der Waals surface area (Å²) in [6, 6.07) is 15.2. The lowest BCUT2D eigenvalue weighted by atomic mass is 9.99. The summed E-state index contributed by atoms with van der Waals surface area (Å²) in [5.74, 6) is 0.817. The first-order valence-corrected chi connectivity index (χ1v) is 14.3. The summed E-state index contributed by atoms with van der Waals surface area (Å²) in [4.78, 5) is 26.4. The van der Waals surface area contributed by atoms with Crippen LogP contribution in [0.25, 0.3) is 0 Å². The summed E-state index contributed by atoms with van der Waals surface area (Å²) >= 11 is 6.02. The Morgan fingerprint density at radius 1 is 1.21 bits per heavy atom. The van der Waals surface area contributed by atoms with Crippen LogP contribution in [-0.4, -0.2) is 59.1 Å². The maximum atomic E-state index is 12.8. The van der Waals surface area contributed by atoms with Gasteiger partial charge in [0.2, 0.25) is 0 Å². The highest BCUT2D eigenvalue weighted by atomic mass is 35.5. The van der Waals surface area contributed by atoms with E-state index < -0.39 is 0 Å². The lowest BCUT2D eigenvalue weighted by molar-refractivity contribution is 0.0943. The number of hydrogen-bond acceptors (Lipinski definition) is 6. The first-order valence-electron chi connectivity index (χ1n) is 13.9. The molecule has 1 amide bonds. The fourth-order valence-electron chi connectivity index (χ4n) is 5.45. The lowest BCUT2D eigenvalue weighted by Gasteiger charge is -2.42. The van der Waals surface area contributed by atoms with Gasteiger partial charge < -0.3 is 19.9 Å². The Kier molecular flexibility index (Phi) is 10.2. The molecule has 0 bridgehead atoms. The first kappa shape index (κ1) is 28.8. The Morgan fingerprint density at radius 2 is 1.95 bits per heavy atom. The SMILES string of the molecule is CCOc1ccc(N(Cc2cccnc2)C2CCN([C@H](C)CCNC(=O)c3c(C)cc(Cl)nc3C)CC2)cc1. The molecule has 1 atom stereocenters. The number of carbonyl (C=O) groups excluding carboxylic acids is 1. The maximum absolute atomic E-state index is 12.8. The van der Waals surface area contributed by atoms with Crippen LogP contribution in [0.3, 0.4) is 0 Å². The van der Waals surface area contributed by atoms with Gasteiger partial charge in [0.05, 0.1) is 17.9 Å². The van der Waals surface area contributed by atoms with Crippen molar-refractivity contribution in [2.24, 2.45) is 0 Å². The van der Waals surface area contributed by atoms with Crippen LogP contribution in [0.5, 0.6) is 5.75 Å². The van der Waals surface area contributed by atoms with Crippen LogP contribution in [-0.2, 0) is 6.54 Å². The topological polar surface area (TPSA) is 70.6 Å². The van der Waals surface area contributed by atoms with Gasteiger partial charge in [-0.2, -0.15) is 0 Å². The molecule has 4 rings (SSSR count). The minimum Gasteiger partial charge on any atom is -0.494 e. The minimum absolute atomic E-state index is 0.0820. The van der Waals surface area contributed by atoms with Gasteiger partial charge in [-0.05, 0) is 94.5 Å². The number of rotatable bonds is 11. The molecule has 3 heterocycles. The van der Waals surface area contributed by atoms with E-state index in [0.717, 1.165) is 50.2 Å². The van der Waals surface area contributed by atoms with E-state index in [9.17, 15) is 4.79 Å². The van der Waals surface area contributed by atoms with Crippen LogP contribution >= 0.6 is 11.6 Å². The van der Waals surface area contributed by atoms with Crippen molar-refractivity contribution < 1.29 is 9.53 Å². The van der Waals surface area contributed by atoms with Gasteiger partial charge in [0.1, 0.15) is 10.9 Å². The summed E-state index contributed by atoms with van der Waals surface area (Å²) in [6.45, 7) is 12.2. The Hall–Kier alpha value is -3.16. The van der Waals surface area contributed by atoms with E-state index >= 15 is 0 Å². The molecule has 1 aromatic carbocycles. The molecule has 8 heteroatoms. The quantitative estimate of drug-likeness (QED) is 0.304. The molecule has 3 aromatic rings. The molecule has 1 saturated heterocycles. The van der Waals surface area contributed by atoms with Crippen molar-refractivity contribution in [3.63, 3.8) is 0 Å². The fraction of sp³-hybridized carbons (Fsp3) is 0.452. The minimum atomic E-state index is -0.0820. The van der Waals surface area contributed by atoms with Gasteiger partial charge in [0.25, 0.3) is 5.91 Å². The third-order valence-electron chi connectivity index (χ3n) is 7.56. The van der Waals surface area contributed by atoms with Gasteiger partial charge in [0.15, 0.2) is 0 Å². The molecular weight excluding hydrogens is 510 g/mol. The fourth-order valence-corrected chi connectivity index (χ4v) is 5.74. The van der Waals surface area contributed by atoms with E-state index in [4.69, 9.17) is 16.3 Å². The van der Waals surface area contributed by atoms with Gasteiger partial charge in [-0.3, -0.25) is 9.78 Å². The molecule has 39 heavy (non-hydrogen) atoms. The number of likely N-dealkylation sites (tertiary alicyclic amines) is 1. The predicted molar refractivity (Wildman–Crippen MR) is 158 cm³/mol. The number of hydrogen-bond donors (Lipinski definition) is 1. The largest absolute Gasteiger partial charge is 0.494 e. The third kappa shape index (κ3) is 7.70. The number of piperidine rings is 1. The summed E-state index contributed by atoms with van der Waals surface area (Å²) in [7, 11) is 0. The number of benzene rings is 1. The Bertz CT molecular complexity index is 1190. The van der Waals surface area contributed by atoms with E-state index in [0.29, 0.717) is 41.6 Å². The standard InChI is InChI=1S/C31H40ClN5O2/c1-5-39-28-10-8-26(9-11-28)37(21-25-7-6-15-33-20-25)27-13-17-36(18-14-27)23(3)12-16-34-31(38)30-22(2)19-29(32)35-24(30)4/h6-11,15,19-20,23,27H,5,12-14,16-18,21H2,1-4H3,(H,34,38)/t23-/m1/s1. The summed E-state index contributed by atoms with van der Waals surface area (Å²) < 4.78 is 5.66. The number of pyridine rings is 2. The van der Waals surface area contributed by atoms with Crippen LogP contribution in [0, 0.1) is 13.8 Å². The van der Waals surface area contributed by atoms with E-state index in [1.807, 2.05) is 39.2 Å². The van der Waals surface area contributed by atoms with E-state index in [1.165, 1.54) is 11.3 Å². The smallest absolute Gasteiger partial charge is 0.253 e. The molecular formula is C31H40ClN5O2. The van der Waals surface area contributed by atoms with Crippen LogP contribution in [0.4, 0.5) is 5.69 Å². The zero-order chi connectivity index (χ0) is 27.8. The lowest BCUT2D eigenvalue weighted by Crippen LogP contribution is -2.48. The van der Waals surface area contributed by atoms with Crippen molar-refractivity contribution in [2.75, 3.05) is 31.1 Å². The molecule has 1 aliphatic rings. The van der Waals surface area contributed by atoms with E-state index in [-0.39, 0.29) is 5.91 Å². The van der Waals surface area contributed by atoms with Crippen molar-refractivity contribution in [2.45, 2.75) is 65.6 Å². The molecule has 0 aliphatic carbocycles. The van der Waals surface area contributed by atoms with Crippen molar-refractivity contribution in [3.05, 3.63) is 82.4 Å². The monoisotopic (exact) mass is 549 g/mol. The first-order chi connectivity index (χ1) is 18.9. The number of nitrogens with zero attached hydrogens (tertiary/aromatic N) is 4. The highest BCUT2D eigenvalue weighted by Gasteiger charge is 2.27. The summed E-state index contributed by atoms with van der Waals surface area (Å²) in [6.07, 6.45) is 6.84. The van der Waals surface area contributed by atoms with Crippen molar-refractivity contribution in [3.8, 4) is 5.75 Å². The van der Waals surface area contributed by atoms with Gasteiger partial charge in [-0.15, -0.1) is 0 Å².